The van der Waals surface area contributed by atoms with E-state index in [2.05, 4.69) is 9.97 Å². The topological polar surface area (TPSA) is 109 Å². The second-order valence-corrected chi connectivity index (χ2v) is 9.56. The van der Waals surface area contributed by atoms with Crippen molar-refractivity contribution in [1.82, 2.24) is 9.97 Å². The maximum absolute atomic E-state index is 12.8. The van der Waals surface area contributed by atoms with Crippen molar-refractivity contribution < 1.29 is 27.9 Å². The lowest BCUT2D eigenvalue weighted by atomic mass is 9.92. The van der Waals surface area contributed by atoms with Crippen LogP contribution in [0.15, 0.2) is 42.5 Å². The lowest BCUT2D eigenvalue weighted by Crippen LogP contribution is -2.38. The minimum atomic E-state index is -5.04. The Morgan fingerprint density at radius 1 is 1.08 bits per heavy atom. The molecule has 1 unspecified atom stereocenters. The largest absolute Gasteiger partial charge is 0.478 e. The molecular formula is C25H21Cl2F3N4O3. The van der Waals surface area contributed by atoms with Crippen LogP contribution in [0.2, 0.25) is 10.0 Å². The summed E-state index contributed by atoms with van der Waals surface area (Å²) >= 11 is 12.3. The highest BCUT2D eigenvalue weighted by atomic mass is 35.5. The van der Waals surface area contributed by atoms with Gasteiger partial charge in [-0.3, -0.25) is 4.79 Å². The van der Waals surface area contributed by atoms with Crippen molar-refractivity contribution in [2.24, 2.45) is 5.92 Å². The van der Waals surface area contributed by atoms with E-state index in [1.54, 1.807) is 24.3 Å². The molecule has 0 bridgehead atoms. The van der Waals surface area contributed by atoms with Gasteiger partial charge >= 0.3 is 12.1 Å². The molecule has 0 radical (unpaired) electrons. The average molecular weight is 553 g/mol. The van der Waals surface area contributed by atoms with Crippen molar-refractivity contribution in [3.8, 4) is 11.3 Å². The molecule has 3 N–H and O–H groups in total. The molecule has 1 saturated heterocycles. The summed E-state index contributed by atoms with van der Waals surface area (Å²) in [5.41, 5.74) is 6.53. The zero-order chi connectivity index (χ0) is 26.9. The van der Waals surface area contributed by atoms with Gasteiger partial charge in [0, 0.05) is 29.4 Å². The standard InChI is InChI=1S/C25H21Cl2F3N4O3/c26-14-3-5-16(19(27)11-14)20-8-7-18(24(36)37)23(33-20)34-9-1-2-13(12-34)10-15-4-6-17(22(31)32-15)21(35)25(28,29)30/h3-8,11,13H,1-2,9-10,12H2,(H2,31,32)(H,36,37). The Hall–Kier alpha value is -3.37. The Bertz CT molecular complexity index is 1370. The maximum atomic E-state index is 12.8. The number of nitrogens with two attached hydrogens (primary N) is 1. The molecule has 1 atom stereocenters. The first-order valence-corrected chi connectivity index (χ1v) is 12.0. The number of alkyl halides is 3. The number of benzene rings is 1. The van der Waals surface area contributed by atoms with Gasteiger partial charge in [-0.05, 0) is 67.6 Å². The van der Waals surface area contributed by atoms with E-state index in [0.717, 1.165) is 18.9 Å². The van der Waals surface area contributed by atoms with E-state index in [0.29, 0.717) is 52.3 Å². The number of carboxylic acid groups (broad SMARTS) is 1. The van der Waals surface area contributed by atoms with Crippen molar-refractivity contribution in [1.29, 1.82) is 0 Å². The van der Waals surface area contributed by atoms with Crippen LogP contribution in [-0.2, 0) is 6.42 Å². The fraction of sp³-hybridized carbons (Fsp3) is 0.280. The van der Waals surface area contributed by atoms with Gasteiger partial charge < -0.3 is 15.7 Å². The van der Waals surface area contributed by atoms with Gasteiger partial charge in [0.15, 0.2) is 0 Å². The number of carbonyl (C=O) groups excluding carboxylic acids is 1. The van der Waals surface area contributed by atoms with Gasteiger partial charge in [-0.2, -0.15) is 13.2 Å². The quantitative estimate of drug-likeness (QED) is 0.364. The lowest BCUT2D eigenvalue weighted by Gasteiger charge is -2.34. The van der Waals surface area contributed by atoms with Crippen LogP contribution in [0, 0.1) is 5.92 Å². The van der Waals surface area contributed by atoms with Crippen LogP contribution in [0.5, 0.6) is 0 Å². The molecule has 0 aliphatic carbocycles. The van der Waals surface area contributed by atoms with E-state index >= 15 is 0 Å². The van der Waals surface area contributed by atoms with E-state index in [-0.39, 0.29) is 11.5 Å². The summed E-state index contributed by atoms with van der Waals surface area (Å²) < 4.78 is 38.3. The number of anilines is 2. The van der Waals surface area contributed by atoms with E-state index in [1.807, 2.05) is 4.90 Å². The molecule has 3 heterocycles. The molecule has 0 amide bonds. The van der Waals surface area contributed by atoms with Crippen LogP contribution in [0.4, 0.5) is 24.8 Å². The van der Waals surface area contributed by atoms with Crippen LogP contribution in [0.25, 0.3) is 11.3 Å². The summed E-state index contributed by atoms with van der Waals surface area (Å²) in [6.45, 7) is 1.01. The number of halogens is 5. The Kier molecular flexibility index (Phi) is 7.61. The third-order valence-corrected chi connectivity index (χ3v) is 6.66. The number of aromatic nitrogens is 2. The molecular weight excluding hydrogens is 532 g/mol. The number of pyridine rings is 2. The molecule has 12 heteroatoms. The minimum Gasteiger partial charge on any atom is -0.478 e. The fourth-order valence-electron chi connectivity index (χ4n) is 4.40. The van der Waals surface area contributed by atoms with Crippen LogP contribution in [-0.4, -0.2) is 46.1 Å². The first-order valence-electron chi connectivity index (χ1n) is 11.3. The number of piperidine rings is 1. The van der Waals surface area contributed by atoms with Crippen LogP contribution in [0.1, 0.15) is 39.3 Å². The molecule has 2 aromatic heterocycles. The zero-order valence-corrected chi connectivity index (χ0v) is 20.7. The predicted octanol–water partition coefficient (Wildman–Crippen LogP) is 5.93. The number of rotatable bonds is 6. The summed E-state index contributed by atoms with van der Waals surface area (Å²) in [4.78, 5) is 34.0. The molecule has 1 fully saturated rings. The Balaban J connectivity index is 1.58. The summed E-state index contributed by atoms with van der Waals surface area (Å²) in [6.07, 6.45) is -3.14. The average Bonchev–Trinajstić information content (AvgIpc) is 2.83. The zero-order valence-electron chi connectivity index (χ0n) is 19.2. The van der Waals surface area contributed by atoms with Crippen molar-refractivity contribution in [3.05, 3.63) is 69.3 Å². The Morgan fingerprint density at radius 3 is 2.46 bits per heavy atom. The summed E-state index contributed by atoms with van der Waals surface area (Å²) in [5, 5.41) is 10.6. The van der Waals surface area contributed by atoms with Gasteiger partial charge in [0.2, 0.25) is 0 Å². The Labute approximate surface area is 220 Å². The van der Waals surface area contributed by atoms with Gasteiger partial charge in [-0.25, -0.2) is 14.8 Å². The number of carboxylic acids is 1. The fourth-order valence-corrected chi connectivity index (χ4v) is 4.90. The second-order valence-electron chi connectivity index (χ2n) is 8.72. The summed E-state index contributed by atoms with van der Waals surface area (Å²) in [5.74, 6) is -3.36. The Morgan fingerprint density at radius 2 is 1.81 bits per heavy atom. The number of ketones is 1. The van der Waals surface area contributed by atoms with Gasteiger partial charge in [0.25, 0.3) is 5.78 Å². The monoisotopic (exact) mass is 552 g/mol. The predicted molar refractivity (Wildman–Crippen MR) is 134 cm³/mol. The molecule has 37 heavy (non-hydrogen) atoms. The highest BCUT2D eigenvalue weighted by Gasteiger charge is 2.40. The van der Waals surface area contributed by atoms with E-state index in [9.17, 15) is 27.9 Å². The second kappa shape index (κ2) is 10.5. The van der Waals surface area contributed by atoms with Crippen molar-refractivity contribution in [2.75, 3.05) is 23.7 Å². The highest BCUT2D eigenvalue weighted by Crippen LogP contribution is 2.33. The molecule has 3 aromatic rings. The summed E-state index contributed by atoms with van der Waals surface area (Å²) in [6, 6.07) is 10.4. The molecule has 1 aliphatic heterocycles. The number of carbonyl (C=O) groups is 2. The van der Waals surface area contributed by atoms with E-state index in [1.165, 1.54) is 12.1 Å². The molecule has 1 aliphatic rings. The normalized spacial score (nSPS) is 16.0. The summed E-state index contributed by atoms with van der Waals surface area (Å²) in [7, 11) is 0. The van der Waals surface area contributed by atoms with Crippen molar-refractivity contribution in [3.63, 3.8) is 0 Å². The highest BCUT2D eigenvalue weighted by molar-refractivity contribution is 6.36. The third-order valence-electron chi connectivity index (χ3n) is 6.11. The first kappa shape index (κ1) is 26.7. The third kappa shape index (κ3) is 5.97. The number of hydrogen-bond donors (Lipinski definition) is 2. The van der Waals surface area contributed by atoms with Crippen LogP contribution in [0.3, 0.4) is 0 Å². The molecule has 7 nitrogen and oxygen atoms in total. The van der Waals surface area contributed by atoms with Gasteiger partial charge in [0.1, 0.15) is 17.2 Å². The molecule has 0 saturated carbocycles. The number of hydrogen-bond acceptors (Lipinski definition) is 6. The molecule has 194 valence electrons. The first-order chi connectivity index (χ1) is 17.4. The molecule has 0 spiro atoms. The van der Waals surface area contributed by atoms with E-state index < -0.39 is 29.3 Å². The molecule has 4 rings (SSSR count). The number of aromatic carboxylic acids is 1. The number of nitrogen functional groups attached to an aromatic ring is 1. The smallest absolute Gasteiger partial charge is 0.455 e. The van der Waals surface area contributed by atoms with Gasteiger partial charge in [-0.15, -0.1) is 0 Å². The lowest BCUT2D eigenvalue weighted by molar-refractivity contribution is -0.0884. The van der Waals surface area contributed by atoms with Crippen LogP contribution >= 0.6 is 23.2 Å². The van der Waals surface area contributed by atoms with Crippen molar-refractivity contribution >= 4 is 46.6 Å². The molecule has 1 aromatic carbocycles. The van der Waals surface area contributed by atoms with E-state index in [4.69, 9.17) is 28.9 Å². The van der Waals surface area contributed by atoms with Gasteiger partial charge in [0.05, 0.1) is 16.3 Å². The van der Waals surface area contributed by atoms with Gasteiger partial charge in [-0.1, -0.05) is 23.2 Å². The number of nitrogens with zero attached hydrogens (tertiary/aromatic N) is 3. The van der Waals surface area contributed by atoms with Crippen LogP contribution < -0.4 is 10.6 Å². The number of Topliss-reactive ketones (excluding diaryl/α,β-unsaturated/α-hetero) is 1. The van der Waals surface area contributed by atoms with Crippen molar-refractivity contribution in [2.45, 2.75) is 25.4 Å². The maximum Gasteiger partial charge on any atom is 0.455 e. The minimum absolute atomic E-state index is 0.00367. The SMILES string of the molecule is Nc1nc(CC2CCCN(c3nc(-c4ccc(Cl)cc4Cl)ccc3C(=O)O)C2)ccc1C(=O)C(F)(F)F.